The van der Waals surface area contributed by atoms with Gasteiger partial charge in [-0.3, -0.25) is 0 Å². The Hall–Kier alpha value is -2.98. The number of hydrogen-bond acceptors (Lipinski definition) is 1. The molecule has 0 atom stereocenters. The van der Waals surface area contributed by atoms with Crippen molar-refractivity contribution in [2.24, 2.45) is 0 Å². The topological polar surface area (TPSA) is 23.8 Å². The summed E-state index contributed by atoms with van der Waals surface area (Å²) >= 11 is 0. The van der Waals surface area contributed by atoms with Gasteiger partial charge in [0.15, 0.2) is 0 Å². The normalized spacial score (nSPS) is 9.65. The van der Waals surface area contributed by atoms with Crippen LogP contribution in [0.1, 0.15) is 28.7 Å². The number of hydrogen-bond donors (Lipinski definition) is 0. The van der Waals surface area contributed by atoms with Gasteiger partial charge in [-0.1, -0.05) is 24.0 Å². The Bertz CT molecular complexity index is 828. The van der Waals surface area contributed by atoms with E-state index in [1.165, 1.54) is 18.2 Å². The van der Waals surface area contributed by atoms with E-state index in [0.29, 0.717) is 6.42 Å². The van der Waals surface area contributed by atoms with Gasteiger partial charge in [-0.2, -0.15) is 5.26 Å². The van der Waals surface area contributed by atoms with Gasteiger partial charge in [-0.05, 0) is 42.7 Å². The maximum Gasteiger partial charge on any atom is 0.145 e. The van der Waals surface area contributed by atoms with Crippen molar-refractivity contribution in [2.45, 2.75) is 12.8 Å². The van der Waals surface area contributed by atoms with E-state index in [0.717, 1.165) is 24.1 Å². The highest BCUT2D eigenvalue weighted by molar-refractivity contribution is 5.47. The van der Waals surface area contributed by atoms with E-state index in [-0.39, 0.29) is 11.1 Å². The van der Waals surface area contributed by atoms with Gasteiger partial charge in [-0.25, -0.2) is 13.2 Å². The zero-order valence-corrected chi connectivity index (χ0v) is 12.2. The summed E-state index contributed by atoms with van der Waals surface area (Å²) in [7, 11) is 0. The number of nitrogens with zero attached hydrogens (tertiary/aromatic N) is 1. The fourth-order valence-corrected chi connectivity index (χ4v) is 1.98. The minimum atomic E-state index is -0.989. The Morgan fingerprint density at radius 1 is 1.00 bits per heavy atom. The lowest BCUT2D eigenvalue weighted by Gasteiger charge is -2.01. The molecule has 1 nitrogen and oxygen atoms in total. The molecule has 23 heavy (non-hydrogen) atoms. The molecule has 0 aromatic heterocycles. The van der Waals surface area contributed by atoms with Gasteiger partial charge < -0.3 is 0 Å². The summed E-state index contributed by atoms with van der Waals surface area (Å²) in [6.45, 7) is 3.61. The first-order valence-corrected chi connectivity index (χ1v) is 6.85. The Balaban J connectivity index is 2.29. The van der Waals surface area contributed by atoms with E-state index in [1.54, 1.807) is 12.1 Å². The van der Waals surface area contributed by atoms with E-state index >= 15 is 0 Å². The van der Waals surface area contributed by atoms with Gasteiger partial charge in [-0.15, -0.1) is 6.58 Å². The summed E-state index contributed by atoms with van der Waals surface area (Å²) in [4.78, 5) is 0. The highest BCUT2D eigenvalue weighted by atomic mass is 19.1. The monoisotopic (exact) mass is 311 g/mol. The molecule has 0 spiro atoms. The molecular weight excluding hydrogens is 299 g/mol. The summed E-state index contributed by atoms with van der Waals surface area (Å²) in [5.41, 5.74) is 0.336. The van der Waals surface area contributed by atoms with Crippen LogP contribution in [0.25, 0.3) is 0 Å². The molecule has 2 aromatic rings. The van der Waals surface area contributed by atoms with Crippen molar-refractivity contribution in [1.82, 2.24) is 0 Å². The van der Waals surface area contributed by atoms with Gasteiger partial charge in [0.1, 0.15) is 29.1 Å². The van der Waals surface area contributed by atoms with Crippen molar-refractivity contribution >= 4 is 0 Å². The van der Waals surface area contributed by atoms with Crippen molar-refractivity contribution in [2.75, 3.05) is 0 Å². The third-order valence-corrected chi connectivity index (χ3v) is 3.17. The number of aryl methyl sites for hydroxylation is 1. The molecule has 0 N–H and O–H groups in total. The second-order valence-corrected chi connectivity index (χ2v) is 4.82. The van der Waals surface area contributed by atoms with Gasteiger partial charge in [0, 0.05) is 5.56 Å². The Labute approximate surface area is 132 Å². The van der Waals surface area contributed by atoms with Crippen molar-refractivity contribution in [3.05, 3.63) is 82.7 Å². The van der Waals surface area contributed by atoms with Crippen LogP contribution in [0.4, 0.5) is 13.2 Å². The van der Waals surface area contributed by atoms with Crippen LogP contribution in [0, 0.1) is 40.6 Å². The van der Waals surface area contributed by atoms with E-state index in [9.17, 15) is 13.2 Å². The zero-order chi connectivity index (χ0) is 16.8. The average Bonchev–Trinajstić information content (AvgIpc) is 2.51. The van der Waals surface area contributed by atoms with Gasteiger partial charge in [0.05, 0.1) is 5.56 Å². The number of benzene rings is 2. The number of nitriles is 1. The first-order valence-electron chi connectivity index (χ1n) is 6.85. The van der Waals surface area contributed by atoms with Crippen LogP contribution < -0.4 is 0 Å². The molecule has 0 bridgehead atoms. The first kappa shape index (κ1) is 16.4. The highest BCUT2D eigenvalue weighted by Crippen LogP contribution is 2.15. The predicted molar refractivity (Wildman–Crippen MR) is 82.0 cm³/mol. The Morgan fingerprint density at radius 2 is 1.70 bits per heavy atom. The highest BCUT2D eigenvalue weighted by Gasteiger charge is 2.09. The molecule has 0 amide bonds. The Kier molecular flexibility index (Phi) is 5.23. The van der Waals surface area contributed by atoms with Crippen molar-refractivity contribution < 1.29 is 13.2 Å². The molecule has 2 rings (SSSR count). The standard InChI is InChI=1S/C19H12F3N/c1-2-3-4-13-5-7-15(17(20)9-13)8-6-14-10-18(21)16(12-23)19(22)11-14/h2,5,7,9-11H,1,3-4H2. The Morgan fingerprint density at radius 3 is 2.26 bits per heavy atom. The smallest absolute Gasteiger partial charge is 0.145 e. The van der Waals surface area contributed by atoms with Crippen molar-refractivity contribution in [3.8, 4) is 17.9 Å². The molecule has 0 saturated heterocycles. The molecule has 0 aliphatic heterocycles. The molecule has 0 saturated carbocycles. The largest absolute Gasteiger partial charge is 0.206 e. The quantitative estimate of drug-likeness (QED) is 0.605. The SMILES string of the molecule is C=CCCc1ccc(C#Cc2cc(F)c(C#N)c(F)c2)c(F)c1. The third kappa shape index (κ3) is 4.02. The minimum Gasteiger partial charge on any atom is -0.206 e. The average molecular weight is 311 g/mol. The van der Waals surface area contributed by atoms with E-state index in [2.05, 4.69) is 18.4 Å². The minimum absolute atomic E-state index is 0.0362. The van der Waals surface area contributed by atoms with Crippen molar-refractivity contribution in [1.29, 1.82) is 5.26 Å². The van der Waals surface area contributed by atoms with Gasteiger partial charge in [0.2, 0.25) is 0 Å². The lowest BCUT2D eigenvalue weighted by atomic mass is 10.1. The van der Waals surface area contributed by atoms with Crippen LogP contribution in [0.15, 0.2) is 43.0 Å². The maximum atomic E-state index is 13.9. The number of allylic oxidation sites excluding steroid dienone is 1. The van der Waals surface area contributed by atoms with Crippen LogP contribution >= 0.6 is 0 Å². The van der Waals surface area contributed by atoms with Crippen LogP contribution in [-0.2, 0) is 6.42 Å². The van der Waals surface area contributed by atoms with Crippen LogP contribution in [0.2, 0.25) is 0 Å². The van der Waals surface area contributed by atoms with Crippen LogP contribution in [0.3, 0.4) is 0 Å². The summed E-state index contributed by atoms with van der Waals surface area (Å²) in [6.07, 6.45) is 3.17. The molecule has 0 fully saturated rings. The summed E-state index contributed by atoms with van der Waals surface area (Å²) < 4.78 is 40.9. The molecular formula is C19H12F3N. The molecule has 0 radical (unpaired) electrons. The zero-order valence-electron chi connectivity index (χ0n) is 12.2. The third-order valence-electron chi connectivity index (χ3n) is 3.17. The number of halogens is 3. The lowest BCUT2D eigenvalue weighted by Crippen LogP contribution is -1.92. The van der Waals surface area contributed by atoms with Crippen LogP contribution in [0.5, 0.6) is 0 Å². The molecule has 2 aromatic carbocycles. The second-order valence-electron chi connectivity index (χ2n) is 4.82. The molecule has 0 aliphatic rings. The maximum absolute atomic E-state index is 13.9. The first-order chi connectivity index (χ1) is 11.0. The second kappa shape index (κ2) is 7.33. The van der Waals surface area contributed by atoms with Gasteiger partial charge in [0.25, 0.3) is 0 Å². The van der Waals surface area contributed by atoms with E-state index in [4.69, 9.17) is 5.26 Å². The molecule has 114 valence electrons. The van der Waals surface area contributed by atoms with E-state index in [1.807, 2.05) is 0 Å². The molecule has 4 heteroatoms. The fraction of sp³-hybridized carbons (Fsp3) is 0.105. The van der Waals surface area contributed by atoms with Crippen molar-refractivity contribution in [3.63, 3.8) is 0 Å². The molecule has 0 unspecified atom stereocenters. The molecule has 0 heterocycles. The predicted octanol–water partition coefficient (Wildman–Crippen LogP) is 4.49. The van der Waals surface area contributed by atoms with Gasteiger partial charge >= 0.3 is 0 Å². The lowest BCUT2D eigenvalue weighted by molar-refractivity contribution is 0.576. The summed E-state index contributed by atoms with van der Waals surface area (Å²) in [5.74, 6) is 2.58. The molecule has 0 aliphatic carbocycles. The van der Waals surface area contributed by atoms with Crippen LogP contribution in [-0.4, -0.2) is 0 Å². The van der Waals surface area contributed by atoms with E-state index < -0.39 is 23.0 Å². The number of rotatable bonds is 3. The fourth-order valence-electron chi connectivity index (χ4n) is 1.98. The summed E-state index contributed by atoms with van der Waals surface area (Å²) in [6, 6.07) is 7.98. The summed E-state index contributed by atoms with van der Waals surface area (Å²) in [5, 5.41) is 8.60.